The van der Waals surface area contributed by atoms with Crippen LogP contribution in [-0.4, -0.2) is 18.1 Å². The van der Waals surface area contributed by atoms with Crippen LogP contribution in [0.1, 0.15) is 23.1 Å². The molecular weight excluding hydrogens is 254 g/mol. The highest BCUT2D eigenvalue weighted by Crippen LogP contribution is 2.26. The van der Waals surface area contributed by atoms with Gasteiger partial charge < -0.3 is 9.72 Å². The van der Waals surface area contributed by atoms with Gasteiger partial charge in [-0.2, -0.15) is 0 Å². The predicted octanol–water partition coefficient (Wildman–Crippen LogP) is 2.20. The lowest BCUT2D eigenvalue weighted by atomic mass is 10.0. The van der Waals surface area contributed by atoms with Crippen molar-refractivity contribution in [3.8, 4) is 0 Å². The number of aryl methyl sites for hydroxylation is 1. The Labute approximate surface area is 116 Å². The molecule has 1 aromatic heterocycles. The van der Waals surface area contributed by atoms with E-state index in [0.717, 1.165) is 41.3 Å². The molecule has 0 unspecified atom stereocenters. The normalized spacial score (nSPS) is 13.8. The van der Waals surface area contributed by atoms with Crippen LogP contribution in [-0.2, 0) is 22.4 Å². The van der Waals surface area contributed by atoms with Crippen LogP contribution >= 0.6 is 0 Å². The zero-order chi connectivity index (χ0) is 14.1. The van der Waals surface area contributed by atoms with Gasteiger partial charge in [-0.1, -0.05) is 12.1 Å². The summed E-state index contributed by atoms with van der Waals surface area (Å²) in [7, 11) is 1.34. The Balaban J connectivity index is 2.09. The van der Waals surface area contributed by atoms with Crippen LogP contribution in [0.2, 0.25) is 0 Å². The van der Waals surface area contributed by atoms with Crippen LogP contribution < -0.4 is 5.56 Å². The van der Waals surface area contributed by atoms with E-state index < -0.39 is 5.97 Å². The van der Waals surface area contributed by atoms with E-state index in [1.165, 1.54) is 18.7 Å². The predicted molar refractivity (Wildman–Crippen MR) is 77.6 cm³/mol. The van der Waals surface area contributed by atoms with Crippen LogP contribution in [0.5, 0.6) is 0 Å². The molecule has 1 aromatic carbocycles. The molecule has 4 heteroatoms. The van der Waals surface area contributed by atoms with Gasteiger partial charge in [0.05, 0.1) is 7.11 Å². The lowest BCUT2D eigenvalue weighted by Crippen LogP contribution is -2.12. The maximum atomic E-state index is 12.0. The molecule has 1 heterocycles. The number of hydrogen-bond acceptors (Lipinski definition) is 3. The number of carbonyl (C=O) groups excluding carboxylic acids is 1. The minimum atomic E-state index is -0.396. The van der Waals surface area contributed by atoms with Crippen molar-refractivity contribution < 1.29 is 9.53 Å². The van der Waals surface area contributed by atoms with Crippen molar-refractivity contribution in [2.45, 2.75) is 19.3 Å². The molecule has 2 aromatic rings. The number of aromatic amines is 1. The molecule has 0 aliphatic heterocycles. The summed E-state index contributed by atoms with van der Waals surface area (Å²) in [6.07, 6.45) is 5.92. The lowest BCUT2D eigenvalue weighted by molar-refractivity contribution is -0.134. The number of nitrogens with one attached hydrogen (secondary N) is 1. The molecular formula is C16H15NO3. The third-order valence-corrected chi connectivity index (χ3v) is 3.72. The Morgan fingerprint density at radius 3 is 2.90 bits per heavy atom. The molecule has 4 nitrogen and oxygen atoms in total. The van der Waals surface area contributed by atoms with Gasteiger partial charge in [0.15, 0.2) is 0 Å². The molecule has 20 heavy (non-hydrogen) atoms. The molecule has 0 bridgehead atoms. The zero-order valence-electron chi connectivity index (χ0n) is 11.2. The van der Waals surface area contributed by atoms with Crippen molar-refractivity contribution in [1.82, 2.24) is 4.98 Å². The first-order valence-electron chi connectivity index (χ1n) is 6.63. The molecule has 102 valence electrons. The summed E-state index contributed by atoms with van der Waals surface area (Å²) in [5.74, 6) is -0.396. The van der Waals surface area contributed by atoms with Crippen LogP contribution in [0.4, 0.5) is 0 Å². The van der Waals surface area contributed by atoms with E-state index in [0.29, 0.717) is 0 Å². The Morgan fingerprint density at radius 1 is 1.30 bits per heavy atom. The second kappa shape index (κ2) is 4.96. The molecule has 0 saturated carbocycles. The quantitative estimate of drug-likeness (QED) is 0.671. The molecule has 0 fully saturated rings. The number of carbonyl (C=O) groups is 1. The smallest absolute Gasteiger partial charge is 0.330 e. The van der Waals surface area contributed by atoms with Gasteiger partial charge in [-0.3, -0.25) is 4.79 Å². The highest BCUT2D eigenvalue weighted by molar-refractivity contribution is 5.89. The summed E-state index contributed by atoms with van der Waals surface area (Å²) in [6, 6.07) is 5.83. The van der Waals surface area contributed by atoms with Crippen molar-refractivity contribution >= 4 is 22.9 Å². The van der Waals surface area contributed by atoms with Crippen molar-refractivity contribution in [3.63, 3.8) is 0 Å². The van der Waals surface area contributed by atoms with E-state index in [1.807, 2.05) is 18.2 Å². The number of H-pyrrole nitrogens is 1. The fourth-order valence-electron chi connectivity index (χ4n) is 2.75. The zero-order valence-corrected chi connectivity index (χ0v) is 11.2. The minimum absolute atomic E-state index is 0.0131. The number of methoxy groups -OCH3 is 1. The number of benzene rings is 1. The fourth-order valence-corrected chi connectivity index (χ4v) is 2.75. The highest BCUT2D eigenvalue weighted by atomic mass is 16.5. The van der Waals surface area contributed by atoms with E-state index in [1.54, 1.807) is 6.08 Å². The third kappa shape index (κ3) is 2.13. The van der Waals surface area contributed by atoms with Gasteiger partial charge in [0.2, 0.25) is 0 Å². The monoisotopic (exact) mass is 269 g/mol. The lowest BCUT2D eigenvalue weighted by Gasteiger charge is -2.05. The average Bonchev–Trinajstić information content (AvgIpc) is 2.94. The maximum absolute atomic E-state index is 12.0. The van der Waals surface area contributed by atoms with Gasteiger partial charge in [-0.05, 0) is 42.5 Å². The topological polar surface area (TPSA) is 59.2 Å². The molecule has 0 atom stereocenters. The summed E-state index contributed by atoms with van der Waals surface area (Å²) in [4.78, 5) is 26.0. The van der Waals surface area contributed by atoms with Gasteiger partial charge in [0.25, 0.3) is 5.56 Å². The molecule has 1 aliphatic rings. The van der Waals surface area contributed by atoms with Crippen LogP contribution in [0.3, 0.4) is 0 Å². The molecule has 3 rings (SSSR count). The summed E-state index contributed by atoms with van der Waals surface area (Å²) >= 11 is 0. The molecule has 0 saturated heterocycles. The molecule has 0 radical (unpaired) electrons. The SMILES string of the molecule is COC(=O)/C=C/c1ccc2c3c(c(=O)[nH]c2c1)CCC3. The minimum Gasteiger partial charge on any atom is -0.466 e. The first-order chi connectivity index (χ1) is 9.69. The summed E-state index contributed by atoms with van der Waals surface area (Å²) in [6.45, 7) is 0. The number of rotatable bonds is 2. The Kier molecular flexibility index (Phi) is 3.14. The number of esters is 1. The van der Waals surface area contributed by atoms with E-state index in [2.05, 4.69) is 9.72 Å². The van der Waals surface area contributed by atoms with Gasteiger partial charge in [0, 0.05) is 22.5 Å². The third-order valence-electron chi connectivity index (χ3n) is 3.72. The molecule has 1 N–H and O–H groups in total. The van der Waals surface area contributed by atoms with E-state index in [-0.39, 0.29) is 5.56 Å². The van der Waals surface area contributed by atoms with Crippen molar-refractivity contribution in [1.29, 1.82) is 0 Å². The Hall–Kier alpha value is -2.36. The number of fused-ring (bicyclic) bond motifs is 3. The summed E-state index contributed by atoms with van der Waals surface area (Å²) in [5, 5.41) is 1.10. The number of hydrogen-bond donors (Lipinski definition) is 1. The van der Waals surface area contributed by atoms with Gasteiger partial charge in [0.1, 0.15) is 0 Å². The van der Waals surface area contributed by atoms with Crippen LogP contribution in [0, 0.1) is 0 Å². The second-order valence-corrected chi connectivity index (χ2v) is 4.93. The van der Waals surface area contributed by atoms with Crippen molar-refractivity contribution in [3.05, 3.63) is 51.3 Å². The summed E-state index contributed by atoms with van der Waals surface area (Å²) < 4.78 is 4.56. The van der Waals surface area contributed by atoms with Gasteiger partial charge in [-0.25, -0.2) is 4.79 Å². The number of pyridine rings is 1. The largest absolute Gasteiger partial charge is 0.466 e. The summed E-state index contributed by atoms with van der Waals surface area (Å²) in [5.41, 5.74) is 3.79. The standard InChI is InChI=1S/C16H15NO3/c1-20-15(18)8-6-10-5-7-12-11-3-2-4-13(11)16(19)17-14(12)9-10/h5-9H,2-4H2,1H3,(H,17,19)/b8-6+. The maximum Gasteiger partial charge on any atom is 0.330 e. The van der Waals surface area contributed by atoms with E-state index in [4.69, 9.17) is 0 Å². The average molecular weight is 269 g/mol. The van der Waals surface area contributed by atoms with Crippen LogP contribution in [0.15, 0.2) is 29.1 Å². The molecule has 0 amide bonds. The molecule has 0 spiro atoms. The molecule has 1 aliphatic carbocycles. The first-order valence-corrected chi connectivity index (χ1v) is 6.63. The fraction of sp³-hybridized carbons (Fsp3) is 0.250. The first kappa shape index (κ1) is 12.7. The van der Waals surface area contributed by atoms with E-state index >= 15 is 0 Å². The van der Waals surface area contributed by atoms with Crippen molar-refractivity contribution in [2.24, 2.45) is 0 Å². The van der Waals surface area contributed by atoms with Gasteiger partial charge in [-0.15, -0.1) is 0 Å². The number of ether oxygens (including phenoxy) is 1. The Morgan fingerprint density at radius 2 is 2.10 bits per heavy atom. The second-order valence-electron chi connectivity index (χ2n) is 4.93. The van der Waals surface area contributed by atoms with Crippen LogP contribution in [0.25, 0.3) is 17.0 Å². The Bertz CT molecular complexity index is 771. The highest BCUT2D eigenvalue weighted by Gasteiger charge is 2.17. The number of aromatic nitrogens is 1. The van der Waals surface area contributed by atoms with Gasteiger partial charge >= 0.3 is 5.97 Å². The van der Waals surface area contributed by atoms with E-state index in [9.17, 15) is 9.59 Å². The van der Waals surface area contributed by atoms with Crippen molar-refractivity contribution in [2.75, 3.05) is 7.11 Å².